The molecule has 0 aliphatic carbocycles. The fraction of sp³-hybridized carbons (Fsp3) is 0.267. The van der Waals surface area contributed by atoms with Crippen LogP contribution in [0.2, 0.25) is 0 Å². The van der Waals surface area contributed by atoms with Crippen molar-refractivity contribution in [1.82, 2.24) is 0 Å². The molecular formula is C15H17N3O3S2. The van der Waals surface area contributed by atoms with Gasteiger partial charge in [0.2, 0.25) is 0 Å². The lowest BCUT2D eigenvalue weighted by Gasteiger charge is -2.16. The molecule has 1 aliphatic heterocycles. The number of fused-ring (bicyclic) bond motifs is 1. The van der Waals surface area contributed by atoms with Crippen LogP contribution in [0.4, 0.5) is 11.4 Å². The first kappa shape index (κ1) is 16.0. The van der Waals surface area contributed by atoms with Crippen molar-refractivity contribution < 1.29 is 13.2 Å². The number of anilines is 2. The van der Waals surface area contributed by atoms with Gasteiger partial charge in [0.15, 0.2) is 0 Å². The van der Waals surface area contributed by atoms with Crippen LogP contribution < -0.4 is 14.8 Å². The molecule has 23 heavy (non-hydrogen) atoms. The average molecular weight is 351 g/mol. The third kappa shape index (κ3) is 3.10. The van der Waals surface area contributed by atoms with Crippen LogP contribution in [0.15, 0.2) is 24.3 Å². The van der Waals surface area contributed by atoms with E-state index in [1.165, 1.54) is 0 Å². The number of thiophene rings is 1. The summed E-state index contributed by atoms with van der Waals surface area (Å²) in [6.45, 7) is 4.18. The van der Waals surface area contributed by atoms with Crippen LogP contribution in [0, 0.1) is 13.8 Å². The second-order valence-electron chi connectivity index (χ2n) is 5.49. The molecule has 1 aliphatic rings. The fourth-order valence-electron chi connectivity index (χ4n) is 2.75. The predicted molar refractivity (Wildman–Crippen MR) is 92.3 cm³/mol. The van der Waals surface area contributed by atoms with Gasteiger partial charge in [-0.2, -0.15) is 8.42 Å². The number of benzene rings is 1. The van der Waals surface area contributed by atoms with E-state index >= 15 is 0 Å². The van der Waals surface area contributed by atoms with Gasteiger partial charge < -0.3 is 5.32 Å². The maximum Gasteiger partial charge on any atom is 0.299 e. The highest BCUT2D eigenvalue weighted by Gasteiger charge is 2.27. The lowest BCUT2D eigenvalue weighted by Crippen LogP contribution is -2.35. The second-order valence-corrected chi connectivity index (χ2v) is 8.42. The van der Waals surface area contributed by atoms with Crippen molar-refractivity contribution in [2.45, 2.75) is 20.3 Å². The number of carbonyl (C=O) groups excluding carboxylic acids is 1. The first-order chi connectivity index (χ1) is 10.8. The summed E-state index contributed by atoms with van der Waals surface area (Å²) < 4.78 is 24.4. The topological polar surface area (TPSA) is 92.5 Å². The molecule has 0 fully saturated rings. The van der Waals surface area contributed by atoms with Crippen molar-refractivity contribution >= 4 is 38.8 Å². The highest BCUT2D eigenvalue weighted by Crippen LogP contribution is 2.32. The summed E-state index contributed by atoms with van der Waals surface area (Å²) in [7, 11) is -3.79. The molecule has 0 radical (unpaired) electrons. The van der Waals surface area contributed by atoms with Crippen molar-refractivity contribution in [3.8, 4) is 0 Å². The van der Waals surface area contributed by atoms with Crippen LogP contribution in [0.3, 0.4) is 0 Å². The van der Waals surface area contributed by atoms with Crippen LogP contribution in [0.5, 0.6) is 0 Å². The number of nitrogens with zero attached hydrogens (tertiary/aromatic N) is 1. The molecule has 3 N–H and O–H groups in total. The molecule has 122 valence electrons. The standard InChI is InChI=1S/C15H17N3O3S2/c1-9-7-13(10(2)22-9)15(19)17-12-4-3-11-5-6-18(14(11)8-12)23(16,20)21/h3-4,7-8H,5-6H2,1-2H3,(H,17,19)(H2,16,20,21). The maximum atomic E-state index is 12.4. The molecule has 0 saturated heterocycles. The molecule has 1 aromatic heterocycles. The number of amides is 1. The highest BCUT2D eigenvalue weighted by molar-refractivity contribution is 7.90. The SMILES string of the molecule is Cc1cc(C(=O)Nc2ccc3c(c2)N(S(N)(=O)=O)CC3)c(C)s1. The van der Waals surface area contributed by atoms with Gasteiger partial charge in [-0.1, -0.05) is 6.07 Å². The van der Waals surface area contributed by atoms with Gasteiger partial charge in [0.25, 0.3) is 16.1 Å². The number of aryl methyl sites for hydroxylation is 2. The monoisotopic (exact) mass is 351 g/mol. The zero-order valence-electron chi connectivity index (χ0n) is 12.8. The Balaban J connectivity index is 1.88. The molecule has 8 heteroatoms. The van der Waals surface area contributed by atoms with Gasteiger partial charge in [0.05, 0.1) is 11.3 Å². The third-order valence-electron chi connectivity index (χ3n) is 3.79. The molecule has 0 spiro atoms. The Bertz CT molecular complexity index is 887. The summed E-state index contributed by atoms with van der Waals surface area (Å²) in [5.74, 6) is -0.202. The molecule has 3 rings (SSSR count). The van der Waals surface area contributed by atoms with Gasteiger partial charge in [0.1, 0.15) is 0 Å². The minimum Gasteiger partial charge on any atom is -0.322 e. The summed E-state index contributed by atoms with van der Waals surface area (Å²) in [6, 6.07) is 7.10. The number of nitrogens with one attached hydrogen (secondary N) is 1. The lowest BCUT2D eigenvalue weighted by atomic mass is 10.1. The van der Waals surface area contributed by atoms with Gasteiger partial charge >= 0.3 is 0 Å². The van der Waals surface area contributed by atoms with Crippen LogP contribution in [0.25, 0.3) is 0 Å². The molecule has 0 bridgehead atoms. The molecule has 0 atom stereocenters. The molecule has 1 amide bonds. The molecule has 6 nitrogen and oxygen atoms in total. The predicted octanol–water partition coefficient (Wildman–Crippen LogP) is 2.18. The number of rotatable bonds is 3. The third-order valence-corrected chi connectivity index (χ3v) is 5.75. The second kappa shape index (κ2) is 5.63. The number of carbonyl (C=O) groups is 1. The van der Waals surface area contributed by atoms with E-state index in [0.29, 0.717) is 29.9 Å². The first-order valence-electron chi connectivity index (χ1n) is 7.07. The van der Waals surface area contributed by atoms with E-state index < -0.39 is 10.2 Å². The Morgan fingerprint density at radius 3 is 2.65 bits per heavy atom. The van der Waals surface area contributed by atoms with Crippen LogP contribution in [0.1, 0.15) is 25.7 Å². The number of nitrogens with two attached hydrogens (primary N) is 1. The summed E-state index contributed by atoms with van der Waals surface area (Å²) in [6.07, 6.45) is 0.614. The Kier molecular flexibility index (Phi) is 3.91. The van der Waals surface area contributed by atoms with E-state index in [1.54, 1.807) is 23.5 Å². The molecule has 0 unspecified atom stereocenters. The lowest BCUT2D eigenvalue weighted by molar-refractivity contribution is 0.102. The van der Waals surface area contributed by atoms with Crippen molar-refractivity contribution in [3.05, 3.63) is 45.1 Å². The number of hydrogen-bond donors (Lipinski definition) is 2. The van der Waals surface area contributed by atoms with E-state index in [4.69, 9.17) is 5.14 Å². The Hall–Kier alpha value is -1.90. The summed E-state index contributed by atoms with van der Waals surface area (Å²) in [5.41, 5.74) is 2.62. The average Bonchev–Trinajstić information content (AvgIpc) is 3.00. The molecular weight excluding hydrogens is 334 g/mol. The van der Waals surface area contributed by atoms with Gasteiger partial charge in [-0.15, -0.1) is 11.3 Å². The Morgan fingerprint density at radius 1 is 1.30 bits per heavy atom. The molecule has 1 aromatic carbocycles. The van der Waals surface area contributed by atoms with E-state index in [1.807, 2.05) is 26.0 Å². The molecule has 2 heterocycles. The van der Waals surface area contributed by atoms with Crippen LogP contribution in [-0.4, -0.2) is 20.9 Å². The van der Waals surface area contributed by atoms with Gasteiger partial charge in [0, 0.05) is 22.0 Å². The zero-order valence-corrected chi connectivity index (χ0v) is 14.4. The summed E-state index contributed by atoms with van der Waals surface area (Å²) in [4.78, 5) is 14.4. The van der Waals surface area contributed by atoms with Crippen molar-refractivity contribution in [1.29, 1.82) is 0 Å². The normalized spacial score (nSPS) is 14.0. The van der Waals surface area contributed by atoms with Gasteiger partial charge in [-0.05, 0) is 44.0 Å². The minimum atomic E-state index is -3.79. The van der Waals surface area contributed by atoms with E-state index in [9.17, 15) is 13.2 Å². The number of hydrogen-bond acceptors (Lipinski definition) is 4. The summed E-state index contributed by atoms with van der Waals surface area (Å²) in [5, 5.41) is 8.05. The van der Waals surface area contributed by atoms with E-state index in [2.05, 4.69) is 5.32 Å². The largest absolute Gasteiger partial charge is 0.322 e. The van der Waals surface area contributed by atoms with Crippen LogP contribution >= 0.6 is 11.3 Å². The van der Waals surface area contributed by atoms with E-state index in [-0.39, 0.29) is 5.91 Å². The van der Waals surface area contributed by atoms with Crippen LogP contribution in [-0.2, 0) is 16.6 Å². The van der Waals surface area contributed by atoms with E-state index in [0.717, 1.165) is 19.6 Å². The van der Waals surface area contributed by atoms with Crippen molar-refractivity contribution in [2.75, 3.05) is 16.2 Å². The highest BCUT2D eigenvalue weighted by atomic mass is 32.2. The van der Waals surface area contributed by atoms with Crippen molar-refractivity contribution in [3.63, 3.8) is 0 Å². The fourth-order valence-corrected chi connectivity index (χ4v) is 4.46. The quantitative estimate of drug-likeness (QED) is 0.888. The first-order valence-corrected chi connectivity index (χ1v) is 9.39. The zero-order chi connectivity index (χ0) is 16.8. The Labute approximate surface area is 139 Å². The molecule has 2 aromatic rings. The maximum absolute atomic E-state index is 12.4. The van der Waals surface area contributed by atoms with Gasteiger partial charge in [-0.3, -0.25) is 9.10 Å². The smallest absolute Gasteiger partial charge is 0.299 e. The molecule has 0 saturated carbocycles. The minimum absolute atomic E-state index is 0.202. The summed E-state index contributed by atoms with van der Waals surface area (Å²) >= 11 is 1.57. The van der Waals surface area contributed by atoms with Crippen molar-refractivity contribution in [2.24, 2.45) is 5.14 Å². The Morgan fingerprint density at radius 2 is 2.04 bits per heavy atom. The van der Waals surface area contributed by atoms with Gasteiger partial charge in [-0.25, -0.2) is 5.14 Å².